The molecule has 0 aliphatic rings. The van der Waals surface area contributed by atoms with Gasteiger partial charge in [0, 0.05) is 5.54 Å². The molecule has 2 amide bonds. The SMILES string of the molecule is CC[C@H](NC(=O)NC(C)(C)CC(C)(C)C)C(=O)O. The lowest BCUT2D eigenvalue weighted by Crippen LogP contribution is -2.53. The Balaban J connectivity index is 4.43. The zero-order chi connectivity index (χ0) is 14.6. The van der Waals surface area contributed by atoms with E-state index in [0.29, 0.717) is 6.42 Å². The molecule has 0 aromatic heterocycles. The number of nitrogens with one attached hydrogen (secondary N) is 2. The van der Waals surface area contributed by atoms with Crippen LogP contribution in [0.4, 0.5) is 4.79 Å². The molecule has 0 fully saturated rings. The molecule has 0 spiro atoms. The number of carbonyl (C=O) groups is 2. The molecule has 3 N–H and O–H groups in total. The quantitative estimate of drug-likeness (QED) is 0.708. The van der Waals surface area contributed by atoms with Crippen molar-refractivity contribution >= 4 is 12.0 Å². The van der Waals surface area contributed by atoms with Gasteiger partial charge in [0.25, 0.3) is 0 Å². The zero-order valence-corrected chi connectivity index (χ0v) is 12.3. The van der Waals surface area contributed by atoms with Crippen LogP contribution >= 0.6 is 0 Å². The van der Waals surface area contributed by atoms with Gasteiger partial charge in [-0.1, -0.05) is 27.7 Å². The van der Waals surface area contributed by atoms with Crippen LogP contribution in [0.5, 0.6) is 0 Å². The molecule has 18 heavy (non-hydrogen) atoms. The van der Waals surface area contributed by atoms with Crippen molar-refractivity contribution in [2.45, 2.75) is 66.0 Å². The van der Waals surface area contributed by atoms with E-state index in [-0.39, 0.29) is 11.0 Å². The summed E-state index contributed by atoms with van der Waals surface area (Å²) in [5, 5.41) is 14.1. The van der Waals surface area contributed by atoms with Gasteiger partial charge in [-0.3, -0.25) is 0 Å². The number of rotatable bonds is 5. The van der Waals surface area contributed by atoms with Crippen molar-refractivity contribution in [3.63, 3.8) is 0 Å². The van der Waals surface area contributed by atoms with Gasteiger partial charge in [0.15, 0.2) is 0 Å². The van der Waals surface area contributed by atoms with E-state index in [4.69, 9.17) is 5.11 Å². The molecule has 5 nitrogen and oxygen atoms in total. The number of aliphatic carboxylic acids is 1. The Morgan fingerprint density at radius 2 is 1.67 bits per heavy atom. The van der Waals surface area contributed by atoms with E-state index in [9.17, 15) is 9.59 Å². The van der Waals surface area contributed by atoms with Crippen LogP contribution in [-0.4, -0.2) is 28.7 Å². The van der Waals surface area contributed by atoms with Crippen molar-refractivity contribution in [3.8, 4) is 0 Å². The highest BCUT2D eigenvalue weighted by Crippen LogP contribution is 2.26. The fourth-order valence-corrected chi connectivity index (χ4v) is 2.21. The van der Waals surface area contributed by atoms with Crippen LogP contribution in [0.3, 0.4) is 0 Å². The van der Waals surface area contributed by atoms with E-state index < -0.39 is 18.0 Å². The number of carboxylic acids is 1. The smallest absolute Gasteiger partial charge is 0.326 e. The second-order valence-electron chi connectivity index (χ2n) is 6.52. The van der Waals surface area contributed by atoms with E-state index >= 15 is 0 Å². The van der Waals surface area contributed by atoms with Crippen LogP contribution in [0.1, 0.15) is 54.4 Å². The third-order valence-electron chi connectivity index (χ3n) is 2.44. The number of amides is 2. The minimum Gasteiger partial charge on any atom is -0.480 e. The van der Waals surface area contributed by atoms with Crippen LogP contribution in [0.15, 0.2) is 0 Å². The molecular weight excluding hydrogens is 232 g/mol. The first kappa shape index (κ1) is 16.7. The maximum absolute atomic E-state index is 11.7. The van der Waals surface area contributed by atoms with Gasteiger partial charge < -0.3 is 15.7 Å². The highest BCUT2D eigenvalue weighted by molar-refractivity contribution is 5.82. The van der Waals surface area contributed by atoms with E-state index in [1.165, 1.54) is 0 Å². The van der Waals surface area contributed by atoms with Gasteiger partial charge in [0.1, 0.15) is 6.04 Å². The van der Waals surface area contributed by atoms with Crippen LogP contribution in [0, 0.1) is 5.41 Å². The Morgan fingerprint density at radius 1 is 1.17 bits per heavy atom. The summed E-state index contributed by atoms with van der Waals surface area (Å²) in [5.74, 6) is -1.01. The molecule has 5 heteroatoms. The largest absolute Gasteiger partial charge is 0.480 e. The van der Waals surface area contributed by atoms with E-state index in [2.05, 4.69) is 31.4 Å². The van der Waals surface area contributed by atoms with Crippen molar-refractivity contribution in [3.05, 3.63) is 0 Å². The molecule has 0 bridgehead atoms. The Labute approximate surface area is 109 Å². The lowest BCUT2D eigenvalue weighted by molar-refractivity contribution is -0.139. The molecule has 0 radical (unpaired) electrons. The van der Waals surface area contributed by atoms with E-state index in [1.54, 1.807) is 6.92 Å². The predicted molar refractivity (Wildman–Crippen MR) is 71.5 cm³/mol. The Kier molecular flexibility index (Phi) is 5.64. The fraction of sp³-hybridized carbons (Fsp3) is 0.846. The van der Waals surface area contributed by atoms with Crippen LogP contribution in [0.25, 0.3) is 0 Å². The third-order valence-corrected chi connectivity index (χ3v) is 2.44. The second kappa shape index (κ2) is 6.07. The predicted octanol–water partition coefficient (Wildman–Crippen LogP) is 2.36. The lowest BCUT2D eigenvalue weighted by Gasteiger charge is -2.33. The maximum atomic E-state index is 11.7. The average molecular weight is 258 g/mol. The van der Waals surface area contributed by atoms with Crippen molar-refractivity contribution in [2.24, 2.45) is 5.41 Å². The van der Waals surface area contributed by atoms with Crippen molar-refractivity contribution < 1.29 is 14.7 Å². The van der Waals surface area contributed by atoms with Gasteiger partial charge in [-0.15, -0.1) is 0 Å². The van der Waals surface area contributed by atoms with Crippen molar-refractivity contribution in [1.29, 1.82) is 0 Å². The minimum absolute atomic E-state index is 0.0910. The van der Waals surface area contributed by atoms with Gasteiger partial charge in [-0.25, -0.2) is 9.59 Å². The Hall–Kier alpha value is -1.26. The summed E-state index contributed by atoms with van der Waals surface area (Å²) in [5.41, 5.74) is -0.285. The molecule has 0 unspecified atom stereocenters. The lowest BCUT2D eigenvalue weighted by atomic mass is 9.82. The molecular formula is C13H26N2O3. The van der Waals surface area contributed by atoms with Gasteiger partial charge in [0.2, 0.25) is 0 Å². The zero-order valence-electron chi connectivity index (χ0n) is 12.3. The highest BCUT2D eigenvalue weighted by Gasteiger charge is 2.28. The molecule has 0 aromatic carbocycles. The summed E-state index contributed by atoms with van der Waals surface area (Å²) < 4.78 is 0. The van der Waals surface area contributed by atoms with Crippen molar-refractivity contribution in [1.82, 2.24) is 10.6 Å². The summed E-state index contributed by atoms with van der Waals surface area (Å²) in [6.45, 7) is 11.9. The van der Waals surface area contributed by atoms with E-state index in [1.807, 2.05) is 13.8 Å². The van der Waals surface area contributed by atoms with Gasteiger partial charge in [-0.05, 0) is 32.1 Å². The molecule has 1 atom stereocenters. The van der Waals surface area contributed by atoms with Crippen LogP contribution in [0.2, 0.25) is 0 Å². The maximum Gasteiger partial charge on any atom is 0.326 e. The average Bonchev–Trinajstić information content (AvgIpc) is 2.08. The van der Waals surface area contributed by atoms with Gasteiger partial charge in [0.05, 0.1) is 0 Å². The van der Waals surface area contributed by atoms with Gasteiger partial charge in [-0.2, -0.15) is 0 Å². The Bertz CT molecular complexity index is 306. The minimum atomic E-state index is -1.01. The summed E-state index contributed by atoms with van der Waals surface area (Å²) >= 11 is 0. The normalized spacial score (nSPS) is 13.9. The second-order valence-corrected chi connectivity index (χ2v) is 6.52. The molecule has 0 aromatic rings. The Morgan fingerprint density at radius 3 is 2.00 bits per heavy atom. The molecule has 0 saturated carbocycles. The van der Waals surface area contributed by atoms with Crippen LogP contribution in [-0.2, 0) is 4.79 Å². The molecule has 106 valence electrons. The number of hydrogen-bond donors (Lipinski definition) is 3. The summed E-state index contributed by atoms with van der Waals surface area (Å²) in [6, 6.07) is -1.27. The summed E-state index contributed by atoms with van der Waals surface area (Å²) in [4.78, 5) is 22.6. The van der Waals surface area contributed by atoms with Gasteiger partial charge >= 0.3 is 12.0 Å². The first-order chi connectivity index (χ1) is 7.97. The first-order valence-corrected chi connectivity index (χ1v) is 6.28. The molecule has 0 aliphatic heterocycles. The molecule has 0 aliphatic carbocycles. The highest BCUT2D eigenvalue weighted by atomic mass is 16.4. The molecule has 0 saturated heterocycles. The standard InChI is InChI=1S/C13H26N2O3/c1-7-9(10(16)17)14-11(18)15-13(5,6)8-12(2,3)4/h9H,7-8H2,1-6H3,(H,16,17)(H2,14,15,18)/t9-/m0/s1. The number of hydrogen-bond acceptors (Lipinski definition) is 2. The summed E-state index contributed by atoms with van der Waals surface area (Å²) in [7, 11) is 0. The monoisotopic (exact) mass is 258 g/mol. The number of carbonyl (C=O) groups excluding carboxylic acids is 1. The summed E-state index contributed by atoms with van der Waals surface area (Å²) in [6.07, 6.45) is 1.17. The van der Waals surface area contributed by atoms with E-state index in [0.717, 1.165) is 6.42 Å². The topological polar surface area (TPSA) is 78.4 Å². The van der Waals surface area contributed by atoms with Crippen LogP contribution < -0.4 is 10.6 Å². The number of carboxylic acid groups (broad SMARTS) is 1. The van der Waals surface area contributed by atoms with Crippen molar-refractivity contribution in [2.75, 3.05) is 0 Å². The molecule has 0 heterocycles. The fourth-order valence-electron chi connectivity index (χ4n) is 2.21. The number of urea groups is 1. The first-order valence-electron chi connectivity index (χ1n) is 6.28. The third kappa shape index (κ3) is 7.14. The molecule has 0 rings (SSSR count).